The van der Waals surface area contributed by atoms with Crippen LogP contribution in [0.3, 0.4) is 0 Å². The summed E-state index contributed by atoms with van der Waals surface area (Å²) < 4.78 is 7.58. The van der Waals surface area contributed by atoms with Crippen molar-refractivity contribution in [2.45, 2.75) is 24.9 Å². The fraction of sp³-hybridized carbons (Fsp3) is 0.571. The van der Waals surface area contributed by atoms with Gasteiger partial charge in [0.1, 0.15) is 0 Å². The third-order valence-electron chi connectivity index (χ3n) is 3.81. The highest BCUT2D eigenvalue weighted by molar-refractivity contribution is 9.13. The zero-order valence-corrected chi connectivity index (χ0v) is 14.3. The predicted molar refractivity (Wildman–Crippen MR) is 85.2 cm³/mol. The van der Waals surface area contributed by atoms with Gasteiger partial charge in [-0.15, -0.1) is 0 Å². The Morgan fingerprint density at radius 2 is 2.00 bits per heavy atom. The van der Waals surface area contributed by atoms with Gasteiger partial charge in [-0.1, -0.05) is 6.07 Å². The normalized spacial score (nSPS) is 18.8. The van der Waals surface area contributed by atoms with Gasteiger partial charge in [0.15, 0.2) is 0 Å². The van der Waals surface area contributed by atoms with Crippen LogP contribution in [-0.4, -0.2) is 37.7 Å². The number of nitrogens with two attached hydrogens (primary N) is 1. The number of ether oxygens (including phenoxy) is 1. The molecule has 106 valence electrons. The van der Waals surface area contributed by atoms with Gasteiger partial charge in [-0.25, -0.2) is 0 Å². The molecule has 1 saturated heterocycles. The van der Waals surface area contributed by atoms with Crippen LogP contribution in [-0.2, 0) is 4.74 Å². The molecule has 0 aliphatic carbocycles. The first-order valence-corrected chi connectivity index (χ1v) is 8.16. The Kier molecular flexibility index (Phi) is 5.84. The third-order valence-corrected chi connectivity index (χ3v) is 5.69. The zero-order chi connectivity index (χ0) is 13.8. The van der Waals surface area contributed by atoms with Crippen LogP contribution in [0.25, 0.3) is 0 Å². The summed E-state index contributed by atoms with van der Waals surface area (Å²) in [6.45, 7) is 2.34. The van der Waals surface area contributed by atoms with E-state index in [1.807, 2.05) is 0 Å². The molecular weight excluding hydrogens is 372 g/mol. The van der Waals surface area contributed by atoms with E-state index in [0.29, 0.717) is 12.6 Å². The van der Waals surface area contributed by atoms with Crippen LogP contribution in [0.15, 0.2) is 27.1 Å². The molecular formula is C14H20Br2N2O. The summed E-state index contributed by atoms with van der Waals surface area (Å²) in [6.07, 6.45) is 2.18. The molecule has 1 aliphatic rings. The number of hydrogen-bond donors (Lipinski definition) is 1. The molecule has 1 unspecified atom stereocenters. The Morgan fingerprint density at radius 3 is 2.58 bits per heavy atom. The van der Waals surface area contributed by atoms with Crippen molar-refractivity contribution >= 4 is 31.9 Å². The van der Waals surface area contributed by atoms with Crippen LogP contribution in [0.5, 0.6) is 0 Å². The van der Waals surface area contributed by atoms with Gasteiger partial charge in [0.05, 0.1) is 0 Å². The molecule has 0 spiro atoms. The highest BCUT2D eigenvalue weighted by Crippen LogP contribution is 2.30. The molecule has 1 fully saturated rings. The fourth-order valence-corrected chi connectivity index (χ4v) is 3.25. The van der Waals surface area contributed by atoms with Crippen molar-refractivity contribution in [3.8, 4) is 0 Å². The minimum Gasteiger partial charge on any atom is -0.381 e. The number of benzene rings is 1. The monoisotopic (exact) mass is 390 g/mol. The summed E-state index contributed by atoms with van der Waals surface area (Å²) in [6, 6.07) is 7.18. The van der Waals surface area contributed by atoms with Gasteiger partial charge in [-0.3, -0.25) is 4.90 Å². The molecule has 1 aliphatic heterocycles. The standard InChI is InChI=1S/C14H20Br2N2O/c1-18(11-4-6-19-7-5-11)14(9-17)10-2-3-12(15)13(16)8-10/h2-3,8,11,14H,4-7,9,17H2,1H3. The molecule has 1 heterocycles. The van der Waals surface area contributed by atoms with Crippen molar-refractivity contribution in [2.75, 3.05) is 26.8 Å². The number of likely N-dealkylation sites (N-methyl/N-ethyl adjacent to an activating group) is 1. The van der Waals surface area contributed by atoms with Crippen LogP contribution in [0.1, 0.15) is 24.4 Å². The SMILES string of the molecule is CN(C1CCOCC1)C(CN)c1ccc(Br)c(Br)c1. The van der Waals surface area contributed by atoms with Gasteiger partial charge in [0, 0.05) is 40.8 Å². The lowest BCUT2D eigenvalue weighted by molar-refractivity contribution is 0.0294. The first kappa shape index (κ1) is 15.4. The maximum Gasteiger partial charge on any atom is 0.0480 e. The molecule has 1 aromatic carbocycles. The highest BCUT2D eigenvalue weighted by atomic mass is 79.9. The Hall–Kier alpha value is 0.0600. The minimum atomic E-state index is 0.257. The molecule has 19 heavy (non-hydrogen) atoms. The van der Waals surface area contributed by atoms with E-state index in [0.717, 1.165) is 35.0 Å². The van der Waals surface area contributed by atoms with Crippen molar-refractivity contribution in [3.63, 3.8) is 0 Å². The summed E-state index contributed by atoms with van der Waals surface area (Å²) in [5, 5.41) is 0. The lowest BCUT2D eigenvalue weighted by Crippen LogP contribution is -2.41. The second kappa shape index (κ2) is 7.18. The van der Waals surface area contributed by atoms with Crippen molar-refractivity contribution in [1.82, 2.24) is 4.90 Å². The highest BCUT2D eigenvalue weighted by Gasteiger charge is 2.25. The largest absolute Gasteiger partial charge is 0.381 e. The van der Waals surface area contributed by atoms with E-state index in [1.54, 1.807) is 0 Å². The van der Waals surface area contributed by atoms with Gasteiger partial charge in [0.25, 0.3) is 0 Å². The molecule has 0 bridgehead atoms. The van der Waals surface area contributed by atoms with Crippen molar-refractivity contribution in [3.05, 3.63) is 32.7 Å². The number of hydrogen-bond acceptors (Lipinski definition) is 3. The molecule has 3 nitrogen and oxygen atoms in total. The molecule has 2 rings (SSSR count). The number of rotatable bonds is 4. The maximum atomic E-state index is 6.00. The molecule has 0 radical (unpaired) electrons. The number of nitrogens with zero attached hydrogens (tertiary/aromatic N) is 1. The van der Waals surface area contributed by atoms with Crippen molar-refractivity contribution < 1.29 is 4.74 Å². The number of halogens is 2. The van der Waals surface area contributed by atoms with E-state index in [-0.39, 0.29) is 6.04 Å². The van der Waals surface area contributed by atoms with Crippen LogP contribution >= 0.6 is 31.9 Å². The Balaban J connectivity index is 2.15. The quantitative estimate of drug-likeness (QED) is 0.855. The fourth-order valence-electron chi connectivity index (χ4n) is 2.60. The molecule has 0 amide bonds. The Morgan fingerprint density at radius 1 is 1.32 bits per heavy atom. The molecule has 2 N–H and O–H groups in total. The van der Waals surface area contributed by atoms with E-state index < -0.39 is 0 Å². The van der Waals surface area contributed by atoms with E-state index >= 15 is 0 Å². The van der Waals surface area contributed by atoms with Gasteiger partial charge in [0.2, 0.25) is 0 Å². The van der Waals surface area contributed by atoms with E-state index in [9.17, 15) is 0 Å². The molecule has 0 aromatic heterocycles. The minimum absolute atomic E-state index is 0.257. The molecule has 1 atom stereocenters. The summed E-state index contributed by atoms with van der Waals surface area (Å²) >= 11 is 7.07. The van der Waals surface area contributed by atoms with E-state index in [4.69, 9.17) is 10.5 Å². The molecule has 5 heteroatoms. The van der Waals surface area contributed by atoms with Gasteiger partial charge >= 0.3 is 0 Å². The second-order valence-corrected chi connectivity index (χ2v) is 6.64. The van der Waals surface area contributed by atoms with Gasteiger partial charge in [-0.2, -0.15) is 0 Å². The molecule has 0 saturated carbocycles. The smallest absolute Gasteiger partial charge is 0.0480 e. The lowest BCUT2D eigenvalue weighted by Gasteiger charge is -2.37. The average Bonchev–Trinajstić information content (AvgIpc) is 2.44. The molecule has 1 aromatic rings. The van der Waals surface area contributed by atoms with Gasteiger partial charge in [-0.05, 0) is 69.4 Å². The summed E-state index contributed by atoms with van der Waals surface area (Å²) in [4.78, 5) is 2.40. The van der Waals surface area contributed by atoms with Crippen LogP contribution in [0.2, 0.25) is 0 Å². The first-order valence-electron chi connectivity index (χ1n) is 6.58. The Bertz CT molecular complexity index is 422. The first-order chi connectivity index (χ1) is 9.13. The topological polar surface area (TPSA) is 38.5 Å². The second-order valence-electron chi connectivity index (χ2n) is 4.93. The van der Waals surface area contributed by atoms with Crippen LogP contribution < -0.4 is 5.73 Å². The van der Waals surface area contributed by atoms with Crippen LogP contribution in [0, 0.1) is 0 Å². The third kappa shape index (κ3) is 3.79. The zero-order valence-electron chi connectivity index (χ0n) is 11.1. The summed E-state index contributed by atoms with van der Waals surface area (Å²) in [5.41, 5.74) is 7.26. The van der Waals surface area contributed by atoms with E-state index in [2.05, 4.69) is 62.0 Å². The van der Waals surface area contributed by atoms with Crippen molar-refractivity contribution in [2.24, 2.45) is 5.73 Å². The lowest BCUT2D eigenvalue weighted by atomic mass is 10.0. The van der Waals surface area contributed by atoms with Crippen LogP contribution in [0.4, 0.5) is 0 Å². The predicted octanol–water partition coefficient (Wildman–Crippen LogP) is 3.32. The maximum absolute atomic E-state index is 6.00. The summed E-state index contributed by atoms with van der Waals surface area (Å²) in [7, 11) is 2.17. The van der Waals surface area contributed by atoms with Gasteiger partial charge < -0.3 is 10.5 Å². The van der Waals surface area contributed by atoms with Crippen molar-refractivity contribution in [1.29, 1.82) is 0 Å². The average molecular weight is 392 g/mol. The summed E-state index contributed by atoms with van der Waals surface area (Å²) in [5.74, 6) is 0. The Labute approximate surface area is 131 Å². The van der Waals surface area contributed by atoms with E-state index in [1.165, 1.54) is 5.56 Å².